The van der Waals surface area contributed by atoms with Crippen LogP contribution in [0.1, 0.15) is 47.9 Å². The normalized spacial score (nSPS) is 22.8. The first kappa shape index (κ1) is 20.5. The number of hydrogen-bond donors (Lipinski definition) is 0. The highest BCUT2D eigenvalue weighted by atomic mass is 19.4. The van der Waals surface area contributed by atoms with Crippen LogP contribution in [-0.4, -0.2) is 30.1 Å². The molecule has 1 saturated carbocycles. The van der Waals surface area contributed by atoms with Crippen LogP contribution in [0.5, 0.6) is 0 Å². The fourth-order valence-corrected chi connectivity index (χ4v) is 3.37. The van der Waals surface area contributed by atoms with E-state index in [2.05, 4.69) is 4.98 Å². The van der Waals surface area contributed by atoms with Crippen LogP contribution < -0.4 is 0 Å². The van der Waals surface area contributed by atoms with Crippen LogP contribution in [0.4, 0.5) is 13.2 Å². The second-order valence-corrected chi connectivity index (χ2v) is 6.85. The van der Waals surface area contributed by atoms with Crippen LogP contribution in [0.2, 0.25) is 0 Å². The lowest BCUT2D eigenvalue weighted by Crippen LogP contribution is -2.21. The average Bonchev–Trinajstić information content (AvgIpc) is 3.09. The number of esters is 1. The number of allylic oxidation sites excluding steroid dienone is 2. The predicted octanol–water partition coefficient (Wildman–Crippen LogP) is 3.65. The molecule has 0 amide bonds. The molecule has 0 spiro atoms. The summed E-state index contributed by atoms with van der Waals surface area (Å²) in [6.45, 7) is 1.19. The number of rotatable bonds is 6. The number of ether oxygens (including phenoxy) is 3. The molecule has 0 N–H and O–H groups in total. The molecule has 1 fully saturated rings. The maximum absolute atomic E-state index is 13.0. The van der Waals surface area contributed by atoms with Gasteiger partial charge in [0.2, 0.25) is 0 Å². The number of hydrogen-bond acceptors (Lipinski definition) is 6. The molecule has 1 aromatic rings. The number of aromatic nitrogens is 1. The van der Waals surface area contributed by atoms with Gasteiger partial charge in [-0.3, -0.25) is 4.79 Å². The number of halogens is 3. The third-order valence-electron chi connectivity index (χ3n) is 5.00. The van der Waals surface area contributed by atoms with Crippen LogP contribution in [0, 0.1) is 11.8 Å². The van der Waals surface area contributed by atoms with E-state index >= 15 is 0 Å². The highest BCUT2D eigenvalue weighted by Gasteiger charge is 2.38. The first-order valence-electron chi connectivity index (χ1n) is 8.88. The van der Waals surface area contributed by atoms with Crippen molar-refractivity contribution in [3.05, 3.63) is 40.9 Å². The Bertz CT molecular complexity index is 805. The summed E-state index contributed by atoms with van der Waals surface area (Å²) in [7, 11) is 1.38. The van der Waals surface area contributed by atoms with Crippen molar-refractivity contribution in [2.75, 3.05) is 7.11 Å². The van der Waals surface area contributed by atoms with Crippen molar-refractivity contribution < 1.29 is 37.0 Å². The largest absolute Gasteiger partial charge is 0.433 e. The van der Waals surface area contributed by atoms with Gasteiger partial charge in [-0.05, 0) is 38.3 Å². The van der Waals surface area contributed by atoms with Gasteiger partial charge in [-0.25, -0.2) is 9.78 Å². The molecule has 0 aromatic carbocycles. The number of carbonyl (C=O) groups excluding carboxylic acids is 2. The molecular formula is C19H20F3NO5. The Morgan fingerprint density at radius 1 is 1.29 bits per heavy atom. The van der Waals surface area contributed by atoms with E-state index < -0.39 is 24.1 Å². The van der Waals surface area contributed by atoms with Gasteiger partial charge in [-0.15, -0.1) is 0 Å². The Labute approximate surface area is 159 Å². The number of alkyl halides is 3. The van der Waals surface area contributed by atoms with Gasteiger partial charge in [0.25, 0.3) is 0 Å². The van der Waals surface area contributed by atoms with E-state index in [1.165, 1.54) is 13.2 Å². The van der Waals surface area contributed by atoms with Crippen molar-refractivity contribution in [2.24, 2.45) is 11.8 Å². The molecule has 0 radical (unpaired) electrons. The first-order valence-corrected chi connectivity index (χ1v) is 8.88. The predicted molar refractivity (Wildman–Crippen MR) is 89.8 cm³/mol. The standard InChI is InChI=1S/C19H20F3NO5/c1-10(26-2)27-9-14-13(5-6-17(23-14)19(20,21)22)18(25)28-16-8-15(24)11-3-4-12(16)7-11/h5-6,8,10-12H,3-4,7,9H2,1-2H3. The number of fused-ring (bicyclic) bond motifs is 2. The van der Waals surface area contributed by atoms with E-state index in [0.717, 1.165) is 18.9 Å². The van der Waals surface area contributed by atoms with Gasteiger partial charge in [-0.1, -0.05) is 0 Å². The summed E-state index contributed by atoms with van der Waals surface area (Å²) in [5.41, 5.74) is -1.50. The molecule has 28 heavy (non-hydrogen) atoms. The third kappa shape index (κ3) is 4.41. The second kappa shape index (κ2) is 8.00. The lowest BCUT2D eigenvalue weighted by Gasteiger charge is -2.20. The maximum atomic E-state index is 13.0. The molecule has 3 atom stereocenters. The van der Waals surface area contributed by atoms with E-state index in [-0.39, 0.29) is 41.2 Å². The molecule has 2 bridgehead atoms. The van der Waals surface area contributed by atoms with Crippen LogP contribution in [0.15, 0.2) is 24.0 Å². The van der Waals surface area contributed by atoms with Crippen molar-refractivity contribution in [2.45, 2.75) is 45.3 Å². The summed E-state index contributed by atoms with van der Waals surface area (Å²) < 4.78 is 54.5. The van der Waals surface area contributed by atoms with E-state index in [9.17, 15) is 22.8 Å². The minimum Gasteiger partial charge on any atom is -0.427 e. The number of methoxy groups -OCH3 is 1. The van der Waals surface area contributed by atoms with Crippen molar-refractivity contribution >= 4 is 11.8 Å². The molecule has 1 heterocycles. The summed E-state index contributed by atoms with van der Waals surface area (Å²) in [5, 5.41) is 0. The van der Waals surface area contributed by atoms with Gasteiger partial charge in [0, 0.05) is 25.0 Å². The minimum atomic E-state index is -4.67. The van der Waals surface area contributed by atoms with E-state index in [1.807, 2.05) is 0 Å². The number of nitrogens with zero attached hydrogens (tertiary/aromatic N) is 1. The van der Waals surface area contributed by atoms with Gasteiger partial charge in [0.15, 0.2) is 12.1 Å². The zero-order valence-corrected chi connectivity index (χ0v) is 15.4. The first-order chi connectivity index (χ1) is 13.2. The SMILES string of the molecule is COC(C)OCc1nc(C(F)(F)F)ccc1C(=O)OC1=CC(=O)C2CCC1C2. The Morgan fingerprint density at radius 3 is 2.68 bits per heavy atom. The molecule has 6 nitrogen and oxygen atoms in total. The average molecular weight is 399 g/mol. The Kier molecular flexibility index (Phi) is 5.85. The number of ketones is 1. The molecular weight excluding hydrogens is 379 g/mol. The third-order valence-corrected chi connectivity index (χ3v) is 5.00. The maximum Gasteiger partial charge on any atom is 0.433 e. The van der Waals surface area contributed by atoms with Gasteiger partial charge in [0.05, 0.1) is 17.9 Å². The van der Waals surface area contributed by atoms with E-state index in [4.69, 9.17) is 14.2 Å². The van der Waals surface area contributed by atoms with Crippen LogP contribution in [-0.2, 0) is 31.8 Å². The monoisotopic (exact) mass is 399 g/mol. The molecule has 2 aliphatic carbocycles. The molecule has 3 unspecified atom stereocenters. The highest BCUT2D eigenvalue weighted by Crippen LogP contribution is 2.41. The summed E-state index contributed by atoms with van der Waals surface area (Å²) in [6, 6.07) is 1.73. The molecule has 9 heteroatoms. The topological polar surface area (TPSA) is 74.7 Å². The summed E-state index contributed by atoms with van der Waals surface area (Å²) in [5.74, 6) is -0.739. The van der Waals surface area contributed by atoms with Crippen molar-refractivity contribution in [3.63, 3.8) is 0 Å². The fourth-order valence-electron chi connectivity index (χ4n) is 3.37. The van der Waals surface area contributed by atoms with Gasteiger partial charge in [-0.2, -0.15) is 13.2 Å². The minimum absolute atomic E-state index is 0.0257. The van der Waals surface area contributed by atoms with Gasteiger partial charge >= 0.3 is 12.1 Å². The lowest BCUT2D eigenvalue weighted by molar-refractivity contribution is -0.142. The Hall–Kier alpha value is -2.26. The molecule has 0 aliphatic heterocycles. The zero-order chi connectivity index (χ0) is 20.5. The Morgan fingerprint density at radius 2 is 2.00 bits per heavy atom. The summed E-state index contributed by atoms with van der Waals surface area (Å²) >= 11 is 0. The second-order valence-electron chi connectivity index (χ2n) is 6.85. The van der Waals surface area contributed by atoms with E-state index in [0.29, 0.717) is 12.5 Å². The Balaban J connectivity index is 1.84. The number of carbonyl (C=O) groups is 2. The van der Waals surface area contributed by atoms with Gasteiger partial charge in [0.1, 0.15) is 11.5 Å². The zero-order valence-electron chi connectivity index (χ0n) is 15.4. The van der Waals surface area contributed by atoms with Crippen molar-refractivity contribution in [1.29, 1.82) is 0 Å². The molecule has 152 valence electrons. The smallest absolute Gasteiger partial charge is 0.427 e. The molecule has 1 aromatic heterocycles. The van der Waals surface area contributed by atoms with Crippen molar-refractivity contribution in [3.8, 4) is 0 Å². The van der Waals surface area contributed by atoms with Crippen LogP contribution in [0.3, 0.4) is 0 Å². The lowest BCUT2D eigenvalue weighted by atomic mass is 9.93. The molecule has 3 rings (SSSR count). The van der Waals surface area contributed by atoms with E-state index in [1.54, 1.807) is 6.92 Å². The van der Waals surface area contributed by atoms with Crippen molar-refractivity contribution in [1.82, 2.24) is 4.98 Å². The fraction of sp³-hybridized carbons (Fsp3) is 0.526. The summed E-state index contributed by atoms with van der Waals surface area (Å²) in [4.78, 5) is 28.1. The highest BCUT2D eigenvalue weighted by molar-refractivity contribution is 5.95. The van der Waals surface area contributed by atoms with Crippen LogP contribution in [0.25, 0.3) is 0 Å². The quantitative estimate of drug-likeness (QED) is 0.537. The van der Waals surface area contributed by atoms with Crippen LogP contribution >= 0.6 is 0 Å². The van der Waals surface area contributed by atoms with Gasteiger partial charge < -0.3 is 14.2 Å². The molecule has 2 aliphatic rings. The number of pyridine rings is 1. The summed E-state index contributed by atoms with van der Waals surface area (Å²) in [6.07, 6.45) is -1.93. The molecule has 0 saturated heterocycles.